The van der Waals surface area contributed by atoms with Gasteiger partial charge in [-0.25, -0.2) is 13.1 Å². The minimum Gasteiger partial charge on any atom is -0.487 e. The Bertz CT molecular complexity index is 740. The summed E-state index contributed by atoms with van der Waals surface area (Å²) in [5.74, 6) is 0.739. The van der Waals surface area contributed by atoms with Crippen LogP contribution in [0.25, 0.3) is 0 Å². The quantitative estimate of drug-likeness (QED) is 0.837. The minimum absolute atomic E-state index is 0.224. The SMILES string of the molecule is O=S(=O)(NCc1ccc(OCc2ccccn2)cc1)C1CCCC1. The summed E-state index contributed by atoms with van der Waals surface area (Å²) in [5.41, 5.74) is 1.78. The molecule has 1 fully saturated rings. The largest absolute Gasteiger partial charge is 0.487 e. The lowest BCUT2D eigenvalue weighted by molar-refractivity contribution is 0.301. The van der Waals surface area contributed by atoms with E-state index < -0.39 is 10.0 Å². The van der Waals surface area contributed by atoms with Crippen LogP contribution in [-0.2, 0) is 23.2 Å². The maximum atomic E-state index is 12.2. The van der Waals surface area contributed by atoms with Gasteiger partial charge in [-0.3, -0.25) is 4.98 Å². The zero-order valence-corrected chi connectivity index (χ0v) is 14.3. The van der Waals surface area contributed by atoms with Gasteiger partial charge in [-0.15, -0.1) is 0 Å². The Morgan fingerprint density at radius 3 is 2.50 bits per heavy atom. The van der Waals surface area contributed by atoms with Crippen LogP contribution < -0.4 is 9.46 Å². The van der Waals surface area contributed by atoms with Crippen LogP contribution in [0, 0.1) is 0 Å². The van der Waals surface area contributed by atoms with Crippen molar-refractivity contribution in [2.24, 2.45) is 0 Å². The van der Waals surface area contributed by atoms with Crippen molar-refractivity contribution in [2.45, 2.75) is 44.1 Å². The summed E-state index contributed by atoms with van der Waals surface area (Å²) in [4.78, 5) is 4.20. The van der Waals surface area contributed by atoms with E-state index in [0.717, 1.165) is 42.7 Å². The van der Waals surface area contributed by atoms with E-state index in [1.54, 1.807) is 6.20 Å². The number of hydrogen-bond acceptors (Lipinski definition) is 4. The topological polar surface area (TPSA) is 68.3 Å². The van der Waals surface area contributed by atoms with E-state index in [9.17, 15) is 8.42 Å². The summed E-state index contributed by atoms with van der Waals surface area (Å²) in [5, 5.41) is -0.224. The third-order valence-corrected chi connectivity index (χ3v) is 6.15. The number of nitrogens with zero attached hydrogens (tertiary/aromatic N) is 1. The van der Waals surface area contributed by atoms with E-state index in [1.165, 1.54) is 0 Å². The van der Waals surface area contributed by atoms with Crippen LogP contribution in [0.5, 0.6) is 5.75 Å². The second-order valence-electron chi connectivity index (χ2n) is 6.03. The molecule has 0 unspecified atom stereocenters. The van der Waals surface area contributed by atoms with Crippen molar-refractivity contribution in [3.05, 3.63) is 59.9 Å². The molecule has 0 amide bonds. The highest BCUT2D eigenvalue weighted by Crippen LogP contribution is 2.24. The molecule has 128 valence electrons. The number of nitrogens with one attached hydrogen (secondary N) is 1. The maximum Gasteiger partial charge on any atom is 0.214 e. The number of rotatable bonds is 7. The molecule has 0 aliphatic heterocycles. The van der Waals surface area contributed by atoms with Gasteiger partial charge in [0.25, 0.3) is 0 Å². The Balaban J connectivity index is 1.51. The first-order chi connectivity index (χ1) is 11.6. The van der Waals surface area contributed by atoms with Crippen LogP contribution >= 0.6 is 0 Å². The Kier molecular flexibility index (Phi) is 5.48. The van der Waals surface area contributed by atoms with Crippen LogP contribution in [0.15, 0.2) is 48.7 Å². The highest BCUT2D eigenvalue weighted by atomic mass is 32.2. The summed E-state index contributed by atoms with van der Waals surface area (Å²) in [6, 6.07) is 13.2. The van der Waals surface area contributed by atoms with Gasteiger partial charge in [-0.05, 0) is 42.7 Å². The van der Waals surface area contributed by atoms with Crippen LogP contribution in [0.1, 0.15) is 36.9 Å². The van der Waals surface area contributed by atoms with Crippen molar-refractivity contribution in [3.8, 4) is 5.75 Å². The first-order valence-corrected chi connectivity index (χ1v) is 9.78. The zero-order valence-electron chi connectivity index (χ0n) is 13.5. The monoisotopic (exact) mass is 346 g/mol. The molecule has 6 heteroatoms. The Hall–Kier alpha value is -1.92. The van der Waals surface area contributed by atoms with E-state index in [4.69, 9.17) is 4.74 Å². The molecule has 1 aliphatic rings. The normalized spacial score (nSPS) is 15.5. The number of sulfonamides is 1. The van der Waals surface area contributed by atoms with Crippen molar-refractivity contribution in [2.75, 3.05) is 0 Å². The number of hydrogen-bond donors (Lipinski definition) is 1. The lowest BCUT2D eigenvalue weighted by Crippen LogP contribution is -2.32. The summed E-state index contributed by atoms with van der Waals surface area (Å²) < 4.78 is 32.8. The maximum absolute atomic E-state index is 12.2. The van der Waals surface area contributed by atoms with Gasteiger partial charge >= 0.3 is 0 Å². The van der Waals surface area contributed by atoms with Gasteiger partial charge < -0.3 is 4.74 Å². The third-order valence-electron chi connectivity index (χ3n) is 4.25. The molecule has 24 heavy (non-hydrogen) atoms. The first kappa shape index (κ1) is 16.9. The number of aromatic nitrogens is 1. The van der Waals surface area contributed by atoms with Crippen LogP contribution in [0.3, 0.4) is 0 Å². The van der Waals surface area contributed by atoms with Gasteiger partial charge in [0, 0.05) is 12.7 Å². The molecule has 0 radical (unpaired) electrons. The predicted molar refractivity (Wildman–Crippen MR) is 93.0 cm³/mol. The fourth-order valence-corrected chi connectivity index (χ4v) is 4.40. The average molecular weight is 346 g/mol. The molecule has 1 heterocycles. The molecule has 3 rings (SSSR count). The predicted octanol–water partition coefficient (Wildman–Crippen LogP) is 3.02. The van der Waals surface area contributed by atoms with Crippen molar-refractivity contribution in [1.82, 2.24) is 9.71 Å². The fourth-order valence-electron chi connectivity index (χ4n) is 2.84. The van der Waals surface area contributed by atoms with Gasteiger partial charge in [-0.1, -0.05) is 31.0 Å². The van der Waals surface area contributed by atoms with E-state index in [-0.39, 0.29) is 5.25 Å². The molecule has 1 saturated carbocycles. The number of ether oxygens (including phenoxy) is 1. The first-order valence-electron chi connectivity index (χ1n) is 8.23. The third kappa shape index (κ3) is 4.55. The Labute approximate surface area is 143 Å². The fraction of sp³-hybridized carbons (Fsp3) is 0.389. The Morgan fingerprint density at radius 2 is 1.83 bits per heavy atom. The molecule has 5 nitrogen and oxygen atoms in total. The molecular weight excluding hydrogens is 324 g/mol. The second kappa shape index (κ2) is 7.77. The van der Waals surface area contributed by atoms with Crippen molar-refractivity contribution >= 4 is 10.0 Å². The zero-order chi connectivity index (χ0) is 16.8. The average Bonchev–Trinajstić information content (AvgIpc) is 3.16. The van der Waals surface area contributed by atoms with Gasteiger partial charge in [0.2, 0.25) is 10.0 Å². The molecule has 0 bridgehead atoms. The van der Waals surface area contributed by atoms with Crippen molar-refractivity contribution in [3.63, 3.8) is 0 Å². The molecule has 2 aromatic rings. The number of pyridine rings is 1. The molecule has 1 aromatic heterocycles. The molecule has 0 saturated heterocycles. The molecule has 0 atom stereocenters. The smallest absolute Gasteiger partial charge is 0.214 e. The van der Waals surface area contributed by atoms with Crippen LogP contribution in [0.4, 0.5) is 0 Å². The van der Waals surface area contributed by atoms with Gasteiger partial charge in [0.1, 0.15) is 12.4 Å². The molecule has 1 aromatic carbocycles. The van der Waals surface area contributed by atoms with Crippen LogP contribution in [0.2, 0.25) is 0 Å². The van der Waals surface area contributed by atoms with E-state index in [2.05, 4.69) is 9.71 Å². The standard InChI is InChI=1S/C18H22N2O3S/c21-24(22,18-6-1-2-7-18)20-13-15-8-10-17(11-9-15)23-14-16-5-3-4-12-19-16/h3-5,8-12,18,20H,1-2,6-7,13-14H2. The molecule has 1 aliphatic carbocycles. The van der Waals surface area contributed by atoms with Gasteiger partial charge in [0.05, 0.1) is 10.9 Å². The second-order valence-corrected chi connectivity index (χ2v) is 8.07. The Morgan fingerprint density at radius 1 is 1.08 bits per heavy atom. The van der Waals surface area contributed by atoms with Crippen molar-refractivity contribution in [1.29, 1.82) is 0 Å². The minimum atomic E-state index is -3.20. The summed E-state index contributed by atoms with van der Waals surface area (Å²) in [7, 11) is -3.20. The van der Waals surface area contributed by atoms with E-state index in [0.29, 0.717) is 13.2 Å². The summed E-state index contributed by atoms with van der Waals surface area (Å²) in [6.45, 7) is 0.730. The highest BCUT2D eigenvalue weighted by molar-refractivity contribution is 7.90. The van der Waals surface area contributed by atoms with Crippen LogP contribution in [-0.4, -0.2) is 18.7 Å². The van der Waals surface area contributed by atoms with Gasteiger partial charge in [0.15, 0.2) is 0 Å². The molecular formula is C18H22N2O3S. The summed E-state index contributed by atoms with van der Waals surface area (Å²) in [6.07, 6.45) is 5.30. The van der Waals surface area contributed by atoms with E-state index in [1.807, 2.05) is 42.5 Å². The molecule has 0 spiro atoms. The number of benzene rings is 1. The van der Waals surface area contributed by atoms with E-state index >= 15 is 0 Å². The van der Waals surface area contributed by atoms with Crippen molar-refractivity contribution < 1.29 is 13.2 Å². The molecule has 1 N–H and O–H groups in total. The lowest BCUT2D eigenvalue weighted by Gasteiger charge is -2.12. The van der Waals surface area contributed by atoms with Gasteiger partial charge in [-0.2, -0.15) is 0 Å². The summed E-state index contributed by atoms with van der Waals surface area (Å²) >= 11 is 0. The highest BCUT2D eigenvalue weighted by Gasteiger charge is 2.28. The lowest BCUT2D eigenvalue weighted by atomic mass is 10.2.